The number of hydrogen-bond acceptors (Lipinski definition) is 4. The monoisotopic (exact) mass is 246 g/mol. The molecule has 4 heteroatoms. The van der Waals surface area contributed by atoms with Gasteiger partial charge in [0.25, 0.3) is 0 Å². The van der Waals surface area contributed by atoms with E-state index in [1.165, 1.54) is 0 Å². The summed E-state index contributed by atoms with van der Waals surface area (Å²) in [7, 11) is 0. The largest absolute Gasteiger partial charge is 0.456 e. The zero-order valence-electron chi connectivity index (χ0n) is 10.8. The third kappa shape index (κ3) is 7.77. The van der Waals surface area contributed by atoms with Crippen LogP contribution in [0.3, 0.4) is 0 Å². The number of carbonyl (C=O) groups excluding carboxylic acids is 1. The zero-order chi connectivity index (χ0) is 13.0. The van der Waals surface area contributed by atoms with Crippen LogP contribution in [0.15, 0.2) is 12.2 Å². The number of esters is 1. The van der Waals surface area contributed by atoms with Crippen molar-refractivity contribution in [3.8, 4) is 0 Å². The molecular formula is C12H22O3S. The first-order valence-electron chi connectivity index (χ1n) is 5.29. The van der Waals surface area contributed by atoms with Gasteiger partial charge in [-0.1, -0.05) is 6.58 Å². The van der Waals surface area contributed by atoms with Crippen LogP contribution in [0.4, 0.5) is 0 Å². The van der Waals surface area contributed by atoms with Crippen LogP contribution in [0.2, 0.25) is 0 Å². The molecule has 0 saturated carbocycles. The predicted octanol–water partition coefficient (Wildman–Crippen LogP) is 2.96. The molecular weight excluding hydrogens is 224 g/mol. The molecule has 0 aliphatic heterocycles. The van der Waals surface area contributed by atoms with E-state index in [1.807, 2.05) is 27.7 Å². The average molecular weight is 246 g/mol. The fourth-order valence-electron chi connectivity index (χ4n) is 0.936. The van der Waals surface area contributed by atoms with E-state index in [1.54, 1.807) is 6.92 Å². The Kier molecular flexibility index (Phi) is 5.56. The highest BCUT2D eigenvalue weighted by molar-refractivity contribution is 7.81. The van der Waals surface area contributed by atoms with Crippen LogP contribution in [0.1, 0.15) is 41.0 Å². The third-order valence-electron chi connectivity index (χ3n) is 1.88. The van der Waals surface area contributed by atoms with E-state index in [0.29, 0.717) is 18.6 Å². The van der Waals surface area contributed by atoms with Gasteiger partial charge in [0.2, 0.25) is 0 Å². The Balaban J connectivity index is 4.06. The van der Waals surface area contributed by atoms with Crippen molar-refractivity contribution in [3.05, 3.63) is 12.2 Å². The lowest BCUT2D eigenvalue weighted by Crippen LogP contribution is -2.31. The standard InChI is InChI=1S/C12H22O3S/c1-9(2)10(13)15-11(3,4)7-8-14-12(5,6)16/h16H,1,7-8H2,2-6H3. The zero-order valence-corrected chi connectivity index (χ0v) is 11.7. The molecule has 0 radical (unpaired) electrons. The number of carbonyl (C=O) groups is 1. The predicted molar refractivity (Wildman–Crippen MR) is 68.6 cm³/mol. The van der Waals surface area contributed by atoms with Gasteiger partial charge in [-0.2, -0.15) is 0 Å². The van der Waals surface area contributed by atoms with Crippen molar-refractivity contribution >= 4 is 18.6 Å². The molecule has 16 heavy (non-hydrogen) atoms. The summed E-state index contributed by atoms with van der Waals surface area (Å²) in [6.07, 6.45) is 0.621. The highest BCUT2D eigenvalue weighted by Gasteiger charge is 2.24. The Labute approximate surface area is 104 Å². The smallest absolute Gasteiger partial charge is 0.333 e. The molecule has 0 aromatic rings. The molecule has 0 rings (SSSR count). The summed E-state index contributed by atoms with van der Waals surface area (Å²) in [5.41, 5.74) is -0.141. The van der Waals surface area contributed by atoms with E-state index in [9.17, 15) is 4.79 Å². The lowest BCUT2D eigenvalue weighted by Gasteiger charge is -2.27. The Hall–Kier alpha value is -0.480. The van der Waals surface area contributed by atoms with Crippen molar-refractivity contribution < 1.29 is 14.3 Å². The molecule has 0 amide bonds. The molecule has 0 spiro atoms. The molecule has 0 fully saturated rings. The van der Waals surface area contributed by atoms with Gasteiger partial charge >= 0.3 is 5.97 Å². The Morgan fingerprint density at radius 1 is 1.31 bits per heavy atom. The SMILES string of the molecule is C=C(C)C(=O)OC(C)(C)CCOC(C)(C)S. The van der Waals surface area contributed by atoms with Crippen molar-refractivity contribution in [1.29, 1.82) is 0 Å². The van der Waals surface area contributed by atoms with Gasteiger partial charge in [-0.25, -0.2) is 4.79 Å². The molecule has 0 aromatic carbocycles. The molecule has 0 heterocycles. The van der Waals surface area contributed by atoms with Crippen LogP contribution in [0, 0.1) is 0 Å². The topological polar surface area (TPSA) is 35.5 Å². The fraction of sp³-hybridized carbons (Fsp3) is 0.750. The molecule has 0 aliphatic rings. The molecule has 0 unspecified atom stereocenters. The summed E-state index contributed by atoms with van der Waals surface area (Å²) in [5, 5.41) is 0. The average Bonchev–Trinajstić information content (AvgIpc) is 1.99. The van der Waals surface area contributed by atoms with Crippen molar-refractivity contribution in [2.45, 2.75) is 51.6 Å². The first kappa shape index (κ1) is 15.5. The van der Waals surface area contributed by atoms with Gasteiger partial charge in [-0.15, -0.1) is 12.6 Å². The van der Waals surface area contributed by atoms with Crippen LogP contribution in [0.5, 0.6) is 0 Å². The maximum atomic E-state index is 11.3. The maximum Gasteiger partial charge on any atom is 0.333 e. The minimum Gasteiger partial charge on any atom is -0.456 e. The molecule has 3 nitrogen and oxygen atoms in total. The quantitative estimate of drug-likeness (QED) is 0.339. The first-order valence-corrected chi connectivity index (χ1v) is 5.73. The number of rotatable bonds is 6. The Morgan fingerprint density at radius 2 is 1.81 bits per heavy atom. The second-order valence-electron chi connectivity index (χ2n) is 4.97. The minimum absolute atomic E-state index is 0.366. The number of thiol groups is 1. The van der Waals surface area contributed by atoms with Crippen LogP contribution in [0.25, 0.3) is 0 Å². The van der Waals surface area contributed by atoms with E-state index in [4.69, 9.17) is 9.47 Å². The molecule has 0 N–H and O–H groups in total. The number of ether oxygens (including phenoxy) is 2. The van der Waals surface area contributed by atoms with Crippen molar-refractivity contribution in [2.75, 3.05) is 6.61 Å². The van der Waals surface area contributed by atoms with E-state index < -0.39 is 10.5 Å². The summed E-state index contributed by atoms with van der Waals surface area (Å²) in [6, 6.07) is 0. The van der Waals surface area contributed by atoms with Crippen LogP contribution in [-0.4, -0.2) is 23.1 Å². The molecule has 0 bridgehead atoms. The van der Waals surface area contributed by atoms with Gasteiger partial charge in [-0.3, -0.25) is 0 Å². The summed E-state index contributed by atoms with van der Waals surface area (Å²) < 4.78 is 10.7. The van der Waals surface area contributed by atoms with Gasteiger partial charge in [0, 0.05) is 12.0 Å². The summed E-state index contributed by atoms with van der Waals surface area (Å²) in [5.74, 6) is -0.366. The molecule has 0 aromatic heterocycles. The normalized spacial score (nSPS) is 12.4. The van der Waals surface area contributed by atoms with Gasteiger partial charge < -0.3 is 9.47 Å². The van der Waals surface area contributed by atoms with Gasteiger partial charge in [0.15, 0.2) is 0 Å². The van der Waals surface area contributed by atoms with E-state index in [2.05, 4.69) is 19.2 Å². The van der Waals surface area contributed by atoms with Crippen molar-refractivity contribution in [2.24, 2.45) is 0 Å². The van der Waals surface area contributed by atoms with Gasteiger partial charge in [0.05, 0.1) is 6.61 Å². The second kappa shape index (κ2) is 5.73. The van der Waals surface area contributed by atoms with E-state index >= 15 is 0 Å². The molecule has 94 valence electrons. The molecule has 0 atom stereocenters. The van der Waals surface area contributed by atoms with Crippen LogP contribution < -0.4 is 0 Å². The van der Waals surface area contributed by atoms with Gasteiger partial charge in [0.1, 0.15) is 10.5 Å². The van der Waals surface area contributed by atoms with Gasteiger partial charge in [-0.05, 0) is 34.6 Å². The highest BCUT2D eigenvalue weighted by Crippen LogP contribution is 2.20. The first-order chi connectivity index (χ1) is 7.03. The lowest BCUT2D eigenvalue weighted by atomic mass is 10.1. The van der Waals surface area contributed by atoms with E-state index in [-0.39, 0.29) is 5.97 Å². The third-order valence-corrected chi connectivity index (χ3v) is 2.01. The summed E-state index contributed by atoms with van der Waals surface area (Å²) in [4.78, 5) is 10.9. The Bertz CT molecular complexity index is 264. The van der Waals surface area contributed by atoms with Crippen LogP contribution in [-0.2, 0) is 14.3 Å². The van der Waals surface area contributed by atoms with E-state index in [0.717, 1.165) is 0 Å². The fourth-order valence-corrected chi connectivity index (χ4v) is 1.03. The molecule has 0 aliphatic carbocycles. The van der Waals surface area contributed by atoms with Crippen molar-refractivity contribution in [3.63, 3.8) is 0 Å². The number of hydrogen-bond donors (Lipinski definition) is 1. The minimum atomic E-state index is -0.547. The maximum absolute atomic E-state index is 11.3. The van der Waals surface area contributed by atoms with Crippen molar-refractivity contribution in [1.82, 2.24) is 0 Å². The summed E-state index contributed by atoms with van der Waals surface area (Å²) in [6.45, 7) is 13.1. The lowest BCUT2D eigenvalue weighted by molar-refractivity contribution is -0.153. The summed E-state index contributed by atoms with van der Waals surface area (Å²) >= 11 is 4.24. The second-order valence-corrected chi connectivity index (χ2v) is 6.05. The highest BCUT2D eigenvalue weighted by atomic mass is 32.1. The van der Waals surface area contributed by atoms with Crippen LogP contribution >= 0.6 is 12.6 Å². The Morgan fingerprint density at radius 3 is 2.19 bits per heavy atom. The molecule has 0 saturated heterocycles.